The number of benzene rings is 3. The van der Waals surface area contributed by atoms with Gasteiger partial charge >= 0.3 is 11.3 Å². The molecule has 0 aliphatic rings. The Hall–Kier alpha value is -4.32. The number of anilines is 2. The van der Waals surface area contributed by atoms with Crippen LogP contribution in [-0.4, -0.2) is 19.6 Å². The van der Waals surface area contributed by atoms with Crippen LogP contribution >= 0.6 is 0 Å². The van der Waals surface area contributed by atoms with E-state index in [2.05, 4.69) is 36.2 Å². The molecule has 5 aromatic rings. The molecule has 2 heterocycles. The molecule has 2 aromatic heterocycles. The van der Waals surface area contributed by atoms with Gasteiger partial charge in [-0.3, -0.25) is 0 Å². The van der Waals surface area contributed by atoms with Gasteiger partial charge in [-0.1, -0.05) is 30.3 Å². The largest absolute Gasteiger partial charge is 0.422 e. The van der Waals surface area contributed by atoms with Crippen LogP contribution in [0.1, 0.15) is 20.8 Å². The lowest BCUT2D eigenvalue weighted by Crippen LogP contribution is -2.21. The molecular formula is C30H28N2O4. The van der Waals surface area contributed by atoms with E-state index in [1.54, 1.807) is 12.1 Å². The van der Waals surface area contributed by atoms with Gasteiger partial charge in [-0.2, -0.15) is 0 Å². The Morgan fingerprint density at radius 3 is 2.28 bits per heavy atom. The zero-order valence-corrected chi connectivity index (χ0v) is 20.6. The molecule has 0 bridgehead atoms. The van der Waals surface area contributed by atoms with Gasteiger partial charge in [0.05, 0.1) is 5.56 Å². The van der Waals surface area contributed by atoms with E-state index in [4.69, 9.17) is 8.83 Å². The van der Waals surface area contributed by atoms with E-state index in [0.717, 1.165) is 52.9 Å². The Kier molecular flexibility index (Phi) is 6.34. The number of nitrogens with zero attached hydrogens (tertiary/aromatic N) is 1. The van der Waals surface area contributed by atoms with E-state index in [-0.39, 0.29) is 0 Å². The van der Waals surface area contributed by atoms with E-state index in [1.807, 2.05) is 49.4 Å². The minimum atomic E-state index is -0.486. The van der Waals surface area contributed by atoms with Gasteiger partial charge in [0, 0.05) is 59.5 Å². The normalized spacial score (nSPS) is 11.2. The van der Waals surface area contributed by atoms with Crippen molar-refractivity contribution in [3.8, 4) is 22.3 Å². The van der Waals surface area contributed by atoms with Crippen molar-refractivity contribution < 1.29 is 8.83 Å². The predicted octanol–water partition coefficient (Wildman–Crippen LogP) is 6.51. The van der Waals surface area contributed by atoms with Gasteiger partial charge in [-0.15, -0.1) is 0 Å². The maximum atomic E-state index is 13.0. The molecule has 182 valence electrons. The van der Waals surface area contributed by atoms with Crippen molar-refractivity contribution in [3.05, 3.63) is 93.6 Å². The average molecular weight is 481 g/mol. The Morgan fingerprint density at radius 1 is 0.778 bits per heavy atom. The van der Waals surface area contributed by atoms with Gasteiger partial charge in [-0.05, 0) is 62.2 Å². The quantitative estimate of drug-likeness (QED) is 0.268. The number of hydrogen-bond acceptors (Lipinski definition) is 6. The highest BCUT2D eigenvalue weighted by Gasteiger charge is 2.16. The maximum Gasteiger partial charge on any atom is 0.344 e. The molecule has 6 nitrogen and oxygen atoms in total. The SMILES string of the molecule is CCNc1ccc2cc(-c3cccc4c(-c5ccc(N(CC)CC)cc5)cc(=O)oc34)c(=O)oc2c1. The van der Waals surface area contributed by atoms with Gasteiger partial charge in [-0.25, -0.2) is 9.59 Å². The second kappa shape index (κ2) is 9.74. The molecule has 1 N–H and O–H groups in total. The lowest BCUT2D eigenvalue weighted by atomic mass is 9.97. The smallest absolute Gasteiger partial charge is 0.344 e. The zero-order chi connectivity index (χ0) is 25.2. The van der Waals surface area contributed by atoms with Gasteiger partial charge < -0.3 is 19.1 Å². The zero-order valence-electron chi connectivity index (χ0n) is 20.6. The lowest BCUT2D eigenvalue weighted by molar-refractivity contribution is 0.556. The molecule has 0 fully saturated rings. The second-order valence-electron chi connectivity index (χ2n) is 8.61. The summed E-state index contributed by atoms with van der Waals surface area (Å²) >= 11 is 0. The first-order chi connectivity index (χ1) is 17.5. The second-order valence-corrected chi connectivity index (χ2v) is 8.61. The summed E-state index contributed by atoms with van der Waals surface area (Å²) in [6, 6.07) is 22.7. The fourth-order valence-corrected chi connectivity index (χ4v) is 4.69. The van der Waals surface area contributed by atoms with Crippen molar-refractivity contribution in [1.29, 1.82) is 0 Å². The summed E-state index contributed by atoms with van der Waals surface area (Å²) in [6.45, 7) is 8.86. The van der Waals surface area contributed by atoms with Crippen LogP contribution < -0.4 is 21.5 Å². The van der Waals surface area contributed by atoms with Crippen molar-refractivity contribution >= 4 is 33.3 Å². The molecule has 0 aliphatic carbocycles. The van der Waals surface area contributed by atoms with E-state index < -0.39 is 11.3 Å². The molecule has 0 saturated carbocycles. The molecule has 0 saturated heterocycles. The van der Waals surface area contributed by atoms with E-state index in [1.165, 1.54) is 6.07 Å². The van der Waals surface area contributed by atoms with Crippen LogP contribution in [0.25, 0.3) is 44.2 Å². The Labute approximate surface area is 208 Å². The molecule has 6 heteroatoms. The molecule has 0 atom stereocenters. The highest BCUT2D eigenvalue weighted by molar-refractivity contribution is 6.01. The van der Waals surface area contributed by atoms with Crippen LogP contribution in [0.5, 0.6) is 0 Å². The predicted molar refractivity (Wildman–Crippen MR) is 147 cm³/mol. The molecule has 0 unspecified atom stereocenters. The first-order valence-corrected chi connectivity index (χ1v) is 12.3. The number of para-hydroxylation sites is 1. The summed E-state index contributed by atoms with van der Waals surface area (Å²) in [6.07, 6.45) is 0. The van der Waals surface area contributed by atoms with Gasteiger partial charge in [0.2, 0.25) is 0 Å². The molecule has 5 rings (SSSR count). The standard InChI is InChI=1S/C30H28N2O4/c1-4-31-21-13-10-20-16-26(30(34)35-27(20)17-21)24-9-7-8-23-25(18-28(33)36-29(23)24)19-11-14-22(15-12-19)32(5-2)6-3/h7-18,31H,4-6H2,1-3H3. The minimum Gasteiger partial charge on any atom is -0.422 e. The summed E-state index contributed by atoms with van der Waals surface area (Å²) in [5, 5.41) is 4.76. The van der Waals surface area contributed by atoms with Gasteiger partial charge in [0.1, 0.15) is 11.2 Å². The van der Waals surface area contributed by atoms with Gasteiger partial charge in [0.25, 0.3) is 0 Å². The molecule has 0 radical (unpaired) electrons. The molecule has 0 amide bonds. The molecular weight excluding hydrogens is 452 g/mol. The van der Waals surface area contributed by atoms with Crippen LogP contribution in [0.15, 0.2) is 91.2 Å². The fraction of sp³-hybridized carbons (Fsp3) is 0.200. The summed E-state index contributed by atoms with van der Waals surface area (Å²) < 4.78 is 11.3. The van der Waals surface area contributed by atoms with E-state index >= 15 is 0 Å². The third-order valence-electron chi connectivity index (χ3n) is 6.48. The van der Waals surface area contributed by atoms with Crippen LogP contribution in [0, 0.1) is 0 Å². The van der Waals surface area contributed by atoms with Crippen molar-refractivity contribution in [2.24, 2.45) is 0 Å². The minimum absolute atomic E-state index is 0.349. The summed E-state index contributed by atoms with van der Waals surface area (Å²) in [5.74, 6) is 0. The highest BCUT2D eigenvalue weighted by Crippen LogP contribution is 2.34. The van der Waals surface area contributed by atoms with Crippen molar-refractivity contribution in [1.82, 2.24) is 0 Å². The lowest BCUT2D eigenvalue weighted by Gasteiger charge is -2.21. The average Bonchev–Trinajstić information content (AvgIpc) is 2.89. The van der Waals surface area contributed by atoms with Gasteiger partial charge in [0.15, 0.2) is 0 Å². The summed E-state index contributed by atoms with van der Waals surface area (Å²) in [5.41, 5.74) is 4.45. The first-order valence-electron chi connectivity index (χ1n) is 12.3. The Balaban J connectivity index is 1.66. The van der Waals surface area contributed by atoms with Crippen LogP contribution in [-0.2, 0) is 0 Å². The topological polar surface area (TPSA) is 75.7 Å². The maximum absolute atomic E-state index is 13.0. The summed E-state index contributed by atoms with van der Waals surface area (Å²) in [7, 11) is 0. The Morgan fingerprint density at radius 2 is 1.56 bits per heavy atom. The highest BCUT2D eigenvalue weighted by atomic mass is 16.4. The van der Waals surface area contributed by atoms with Crippen LogP contribution in [0.4, 0.5) is 11.4 Å². The Bertz CT molecular complexity index is 1660. The molecule has 0 aliphatic heterocycles. The number of fused-ring (bicyclic) bond motifs is 2. The summed E-state index contributed by atoms with van der Waals surface area (Å²) in [4.78, 5) is 27.9. The van der Waals surface area contributed by atoms with Crippen molar-refractivity contribution in [2.75, 3.05) is 29.9 Å². The third kappa shape index (κ3) is 4.26. The fourth-order valence-electron chi connectivity index (χ4n) is 4.69. The van der Waals surface area contributed by atoms with Crippen LogP contribution in [0.3, 0.4) is 0 Å². The van der Waals surface area contributed by atoms with Crippen molar-refractivity contribution in [3.63, 3.8) is 0 Å². The number of rotatable bonds is 7. The number of hydrogen-bond donors (Lipinski definition) is 1. The number of nitrogens with one attached hydrogen (secondary N) is 1. The molecule has 3 aromatic carbocycles. The monoisotopic (exact) mass is 480 g/mol. The third-order valence-corrected chi connectivity index (χ3v) is 6.48. The van der Waals surface area contributed by atoms with Crippen molar-refractivity contribution in [2.45, 2.75) is 20.8 Å². The first kappa shape index (κ1) is 23.4. The molecule has 0 spiro atoms. The van der Waals surface area contributed by atoms with Crippen LogP contribution in [0.2, 0.25) is 0 Å². The van der Waals surface area contributed by atoms with E-state index in [9.17, 15) is 9.59 Å². The molecule has 36 heavy (non-hydrogen) atoms. The van der Waals surface area contributed by atoms with E-state index in [0.29, 0.717) is 22.3 Å².